The van der Waals surface area contributed by atoms with Gasteiger partial charge in [-0.05, 0) is 5.41 Å². The van der Waals surface area contributed by atoms with Crippen molar-refractivity contribution in [3.63, 3.8) is 0 Å². The lowest BCUT2D eigenvalue weighted by Gasteiger charge is -2.24. The van der Waals surface area contributed by atoms with Crippen molar-refractivity contribution in [3.05, 3.63) is 11.6 Å². The lowest BCUT2D eigenvalue weighted by molar-refractivity contribution is -0.129. The highest BCUT2D eigenvalue weighted by Gasteiger charge is 2.27. The predicted molar refractivity (Wildman–Crippen MR) is 45.3 cm³/mol. The molecule has 1 N–H and O–H groups in total. The summed E-state index contributed by atoms with van der Waals surface area (Å²) >= 11 is 0. The van der Waals surface area contributed by atoms with Gasteiger partial charge in [0.15, 0.2) is 0 Å². The van der Waals surface area contributed by atoms with Crippen molar-refractivity contribution in [1.29, 1.82) is 0 Å². The minimum atomic E-state index is -0.251. The zero-order chi connectivity index (χ0) is 9.35. The second-order valence-corrected chi connectivity index (χ2v) is 3.95. The molecule has 0 fully saturated rings. The van der Waals surface area contributed by atoms with E-state index in [1.165, 1.54) is 0 Å². The highest BCUT2D eigenvalue weighted by molar-refractivity contribution is 6.08. The molecule has 0 spiro atoms. The fraction of sp³-hybridized carbons (Fsp3) is 0.556. The first-order valence-corrected chi connectivity index (χ1v) is 3.96. The molecule has 12 heavy (non-hydrogen) atoms. The molecule has 0 aromatic rings. The van der Waals surface area contributed by atoms with Crippen molar-refractivity contribution in [3.8, 4) is 0 Å². The molecule has 1 rings (SSSR count). The largest absolute Gasteiger partial charge is 0.292 e. The SMILES string of the molecule is CC(C)(C)C1=CCC(=O)NC1=O. The molecule has 66 valence electrons. The number of carbonyl (C=O) groups is 2. The quantitative estimate of drug-likeness (QED) is 0.547. The van der Waals surface area contributed by atoms with Crippen LogP contribution in [0.3, 0.4) is 0 Å². The molecule has 1 heterocycles. The van der Waals surface area contributed by atoms with Crippen LogP contribution in [0, 0.1) is 5.41 Å². The Hall–Kier alpha value is -1.12. The van der Waals surface area contributed by atoms with Gasteiger partial charge in [0.1, 0.15) is 0 Å². The average Bonchev–Trinajstić information content (AvgIpc) is 1.83. The maximum absolute atomic E-state index is 11.3. The number of hydrogen-bond acceptors (Lipinski definition) is 2. The van der Waals surface area contributed by atoms with Crippen molar-refractivity contribution in [2.24, 2.45) is 5.41 Å². The number of amides is 2. The Morgan fingerprint density at radius 2 is 1.92 bits per heavy atom. The van der Waals surface area contributed by atoms with Gasteiger partial charge in [0.25, 0.3) is 5.91 Å². The number of hydrogen-bond donors (Lipinski definition) is 1. The third kappa shape index (κ3) is 1.72. The van der Waals surface area contributed by atoms with Crippen molar-refractivity contribution in [1.82, 2.24) is 5.32 Å². The molecule has 0 aliphatic carbocycles. The van der Waals surface area contributed by atoms with Crippen LogP contribution < -0.4 is 5.32 Å². The summed E-state index contributed by atoms with van der Waals surface area (Å²) in [6.45, 7) is 5.86. The standard InChI is InChI=1S/C9H13NO2/c1-9(2,3)6-4-5-7(11)10-8(6)12/h4H,5H2,1-3H3,(H,10,11,12). The number of nitrogens with one attached hydrogen (secondary N) is 1. The minimum Gasteiger partial charge on any atom is -0.292 e. The molecule has 0 atom stereocenters. The molecule has 0 saturated heterocycles. The van der Waals surface area contributed by atoms with E-state index < -0.39 is 0 Å². The summed E-state index contributed by atoms with van der Waals surface area (Å²) in [5.41, 5.74) is 0.521. The number of carbonyl (C=O) groups excluding carboxylic acids is 2. The zero-order valence-electron chi connectivity index (χ0n) is 7.60. The summed E-state index contributed by atoms with van der Waals surface area (Å²) in [7, 11) is 0. The molecule has 0 aromatic carbocycles. The van der Waals surface area contributed by atoms with Gasteiger partial charge in [0.2, 0.25) is 5.91 Å². The summed E-state index contributed by atoms with van der Waals surface area (Å²) in [5, 5.41) is 2.29. The lowest BCUT2D eigenvalue weighted by Crippen LogP contribution is -2.38. The van der Waals surface area contributed by atoms with Crippen LogP contribution in [0.25, 0.3) is 0 Å². The molecule has 3 heteroatoms. The monoisotopic (exact) mass is 167 g/mol. The first kappa shape index (κ1) is 8.97. The topological polar surface area (TPSA) is 46.2 Å². The Morgan fingerprint density at radius 3 is 2.33 bits per heavy atom. The second kappa shape index (κ2) is 2.73. The maximum atomic E-state index is 11.3. The molecule has 1 aliphatic heterocycles. The Morgan fingerprint density at radius 1 is 1.33 bits per heavy atom. The zero-order valence-corrected chi connectivity index (χ0v) is 7.60. The van der Waals surface area contributed by atoms with Crippen molar-refractivity contribution in [2.45, 2.75) is 27.2 Å². The number of imide groups is 1. The third-order valence-electron chi connectivity index (χ3n) is 1.80. The average molecular weight is 167 g/mol. The van der Waals surface area contributed by atoms with E-state index in [4.69, 9.17) is 0 Å². The van der Waals surface area contributed by atoms with E-state index in [-0.39, 0.29) is 17.2 Å². The highest BCUT2D eigenvalue weighted by Crippen LogP contribution is 2.26. The fourth-order valence-corrected chi connectivity index (χ4v) is 1.18. The van der Waals surface area contributed by atoms with E-state index in [1.54, 1.807) is 6.08 Å². The molecule has 3 nitrogen and oxygen atoms in total. The molecule has 2 amide bonds. The van der Waals surface area contributed by atoms with E-state index in [2.05, 4.69) is 5.32 Å². The van der Waals surface area contributed by atoms with Crippen molar-refractivity contribution in [2.75, 3.05) is 0 Å². The summed E-state index contributed by atoms with van der Waals surface area (Å²) in [6, 6.07) is 0. The van der Waals surface area contributed by atoms with Crippen LogP contribution in [0.1, 0.15) is 27.2 Å². The Balaban J connectivity index is 2.92. The van der Waals surface area contributed by atoms with Gasteiger partial charge in [0.05, 0.1) is 0 Å². The smallest absolute Gasteiger partial charge is 0.253 e. The van der Waals surface area contributed by atoms with Crippen LogP contribution >= 0.6 is 0 Å². The van der Waals surface area contributed by atoms with Gasteiger partial charge < -0.3 is 0 Å². The molecule has 0 aromatic heterocycles. The molecule has 0 saturated carbocycles. The van der Waals surface area contributed by atoms with E-state index in [0.29, 0.717) is 12.0 Å². The minimum absolute atomic E-state index is 0.176. The molecular weight excluding hydrogens is 154 g/mol. The Labute approximate surface area is 71.8 Å². The second-order valence-electron chi connectivity index (χ2n) is 3.95. The summed E-state index contributed by atoms with van der Waals surface area (Å²) < 4.78 is 0. The van der Waals surface area contributed by atoms with Gasteiger partial charge in [-0.1, -0.05) is 26.8 Å². The number of rotatable bonds is 0. The fourth-order valence-electron chi connectivity index (χ4n) is 1.18. The van der Waals surface area contributed by atoms with Crippen LogP contribution in [0.4, 0.5) is 0 Å². The Bertz CT molecular complexity index is 258. The van der Waals surface area contributed by atoms with Gasteiger partial charge >= 0.3 is 0 Å². The van der Waals surface area contributed by atoms with Gasteiger partial charge in [-0.25, -0.2) is 0 Å². The van der Waals surface area contributed by atoms with Crippen LogP contribution in [0.15, 0.2) is 11.6 Å². The molecule has 0 unspecified atom stereocenters. The molecule has 0 radical (unpaired) electrons. The summed E-state index contributed by atoms with van der Waals surface area (Å²) in [6.07, 6.45) is 2.03. The predicted octanol–water partition coefficient (Wildman–Crippen LogP) is 1.01. The summed E-state index contributed by atoms with van der Waals surface area (Å²) in [4.78, 5) is 22.0. The van der Waals surface area contributed by atoms with Gasteiger partial charge in [0, 0.05) is 12.0 Å². The van der Waals surface area contributed by atoms with Crippen LogP contribution in [-0.4, -0.2) is 11.8 Å². The van der Waals surface area contributed by atoms with E-state index in [9.17, 15) is 9.59 Å². The Kier molecular flexibility index (Phi) is 2.04. The van der Waals surface area contributed by atoms with Crippen molar-refractivity contribution < 1.29 is 9.59 Å². The van der Waals surface area contributed by atoms with Crippen LogP contribution in [0.2, 0.25) is 0 Å². The first-order valence-electron chi connectivity index (χ1n) is 3.96. The highest BCUT2D eigenvalue weighted by atomic mass is 16.2. The van der Waals surface area contributed by atoms with Crippen molar-refractivity contribution >= 4 is 11.8 Å². The van der Waals surface area contributed by atoms with E-state index in [1.807, 2.05) is 20.8 Å². The van der Waals surface area contributed by atoms with Gasteiger partial charge in [-0.3, -0.25) is 14.9 Å². The molecular formula is C9H13NO2. The normalized spacial score (nSPS) is 18.8. The van der Waals surface area contributed by atoms with Crippen LogP contribution in [0.5, 0.6) is 0 Å². The third-order valence-corrected chi connectivity index (χ3v) is 1.80. The van der Waals surface area contributed by atoms with Gasteiger partial charge in [-0.2, -0.15) is 0 Å². The summed E-state index contributed by atoms with van der Waals surface area (Å²) in [5.74, 6) is -0.466. The van der Waals surface area contributed by atoms with Crippen LogP contribution in [-0.2, 0) is 9.59 Å². The first-order chi connectivity index (χ1) is 5.41. The maximum Gasteiger partial charge on any atom is 0.253 e. The lowest BCUT2D eigenvalue weighted by atomic mass is 9.84. The van der Waals surface area contributed by atoms with E-state index in [0.717, 1.165) is 0 Å². The molecule has 1 aliphatic rings. The van der Waals surface area contributed by atoms with E-state index >= 15 is 0 Å². The van der Waals surface area contributed by atoms with Gasteiger partial charge in [-0.15, -0.1) is 0 Å². The molecule has 0 bridgehead atoms.